The van der Waals surface area contributed by atoms with Crippen molar-refractivity contribution in [3.05, 3.63) is 24.3 Å². The van der Waals surface area contributed by atoms with Gasteiger partial charge in [0, 0.05) is 0 Å². The number of unbranched alkanes of at least 4 members (excludes halogenated alkanes) is 33. The van der Waals surface area contributed by atoms with Gasteiger partial charge in [-0.25, -0.2) is 0 Å². The van der Waals surface area contributed by atoms with Crippen molar-refractivity contribution >= 4 is 0 Å². The second kappa shape index (κ2) is 43.3. The van der Waals surface area contributed by atoms with Gasteiger partial charge in [-0.05, 0) is 108 Å². The van der Waals surface area contributed by atoms with E-state index in [9.17, 15) is 0 Å². The summed E-state index contributed by atoms with van der Waals surface area (Å²) in [6.07, 6.45) is 54.2. The third-order valence-corrected chi connectivity index (χ3v) is 13.8. The van der Waals surface area contributed by atoms with Gasteiger partial charge in [-0.2, -0.15) is 0 Å². The topological polar surface area (TPSA) is 34.2 Å². The minimum absolute atomic E-state index is 0.672. The highest BCUT2D eigenvalue weighted by Gasteiger charge is 2.38. The van der Waals surface area contributed by atoms with Crippen molar-refractivity contribution in [2.75, 3.05) is 45.9 Å². The average Bonchev–Trinajstić information content (AvgIpc) is 3.58. The van der Waals surface area contributed by atoms with Crippen LogP contribution in [0.3, 0.4) is 0 Å². The average molecular weight is 884 g/mol. The van der Waals surface area contributed by atoms with Crippen LogP contribution in [0.1, 0.15) is 285 Å². The van der Waals surface area contributed by atoms with Crippen LogP contribution in [0.2, 0.25) is 0 Å². The standard InChI is InChI=1S/C58H110N2O3/c1-5-9-13-17-21-25-29-33-37-49-59(50-38-34-30-26-22-18-14-10-6-2)53-41-42-55-61-58(62-56-44-45-57(63-58)47-46-56)48-43-54-60(51-39-35-31-27-23-19-15-11-7-3)52-40-36-32-28-24-20-16-12-8-4/h44-47H,5-43,48-55H2,1-4H3. The summed E-state index contributed by atoms with van der Waals surface area (Å²) in [7, 11) is 0. The number of ether oxygens (including phenoxy) is 3. The van der Waals surface area contributed by atoms with Crippen LogP contribution in [0.5, 0.6) is 11.5 Å². The van der Waals surface area contributed by atoms with Crippen LogP contribution in [0, 0.1) is 0 Å². The van der Waals surface area contributed by atoms with Crippen LogP contribution < -0.4 is 9.47 Å². The molecule has 2 heterocycles. The molecule has 0 spiro atoms. The maximum absolute atomic E-state index is 6.73. The van der Waals surface area contributed by atoms with Gasteiger partial charge in [0.2, 0.25) is 0 Å². The number of fused-ring (bicyclic) bond motifs is 4. The quantitative estimate of drug-likeness (QED) is 0.0609. The highest BCUT2D eigenvalue weighted by atomic mass is 16.9. The Morgan fingerprint density at radius 1 is 0.317 bits per heavy atom. The zero-order valence-electron chi connectivity index (χ0n) is 43.2. The Labute approximate surface area is 394 Å². The summed E-state index contributed by atoms with van der Waals surface area (Å²) in [5, 5.41) is 0. The summed E-state index contributed by atoms with van der Waals surface area (Å²) < 4.78 is 19.9. The summed E-state index contributed by atoms with van der Waals surface area (Å²) >= 11 is 0. The largest absolute Gasteiger partial charge is 0.430 e. The van der Waals surface area contributed by atoms with Gasteiger partial charge in [-0.3, -0.25) is 0 Å². The molecule has 0 saturated heterocycles. The molecule has 2 aliphatic rings. The predicted octanol–water partition coefficient (Wildman–Crippen LogP) is 18.4. The molecule has 0 saturated carbocycles. The molecule has 0 N–H and O–H groups in total. The van der Waals surface area contributed by atoms with E-state index >= 15 is 0 Å². The Hall–Kier alpha value is -1.30. The third-order valence-electron chi connectivity index (χ3n) is 13.8. The van der Waals surface area contributed by atoms with Gasteiger partial charge < -0.3 is 24.0 Å². The van der Waals surface area contributed by atoms with Crippen LogP contribution >= 0.6 is 0 Å². The number of hydrogen-bond donors (Lipinski definition) is 0. The van der Waals surface area contributed by atoms with Gasteiger partial charge in [0.25, 0.3) is 0 Å². The first-order chi connectivity index (χ1) is 31.1. The highest BCUT2D eigenvalue weighted by molar-refractivity contribution is 5.33. The Bertz CT molecular complexity index is 996. The van der Waals surface area contributed by atoms with E-state index in [0.29, 0.717) is 6.61 Å². The zero-order valence-corrected chi connectivity index (χ0v) is 43.2. The lowest BCUT2D eigenvalue weighted by molar-refractivity contribution is -0.304. The molecule has 5 nitrogen and oxygen atoms in total. The smallest absolute Gasteiger partial charge is 0.371 e. The van der Waals surface area contributed by atoms with E-state index in [1.54, 1.807) is 0 Å². The predicted molar refractivity (Wildman–Crippen MR) is 277 cm³/mol. The molecule has 0 aromatic heterocycles. The van der Waals surface area contributed by atoms with Crippen LogP contribution in [-0.4, -0.2) is 61.6 Å². The van der Waals surface area contributed by atoms with E-state index < -0.39 is 5.97 Å². The highest BCUT2D eigenvalue weighted by Crippen LogP contribution is 2.34. The van der Waals surface area contributed by atoms with Crippen molar-refractivity contribution in [1.29, 1.82) is 0 Å². The van der Waals surface area contributed by atoms with Crippen LogP contribution in [-0.2, 0) is 4.74 Å². The molecule has 1 aromatic rings. The number of hydrogen-bond acceptors (Lipinski definition) is 5. The molecule has 5 heteroatoms. The fourth-order valence-corrected chi connectivity index (χ4v) is 9.63. The minimum Gasteiger partial charge on any atom is -0.430 e. The van der Waals surface area contributed by atoms with E-state index in [2.05, 4.69) is 37.5 Å². The molecule has 3 rings (SSSR count). The van der Waals surface area contributed by atoms with E-state index in [4.69, 9.17) is 14.2 Å². The van der Waals surface area contributed by atoms with E-state index in [0.717, 1.165) is 37.3 Å². The molecule has 0 atom stereocenters. The van der Waals surface area contributed by atoms with Gasteiger partial charge in [0.1, 0.15) is 11.5 Å². The first-order valence-corrected chi connectivity index (χ1v) is 28.7. The lowest BCUT2D eigenvalue weighted by atomic mass is 10.1. The maximum Gasteiger partial charge on any atom is 0.371 e. The molecule has 0 unspecified atom stereocenters. The number of benzene rings is 1. The fourth-order valence-electron chi connectivity index (χ4n) is 9.63. The van der Waals surface area contributed by atoms with E-state index in [1.165, 1.54) is 270 Å². The van der Waals surface area contributed by atoms with Crippen molar-refractivity contribution < 1.29 is 14.2 Å². The number of nitrogens with zero attached hydrogens (tertiary/aromatic N) is 2. The first kappa shape index (κ1) is 57.8. The molecular weight excluding hydrogens is 773 g/mol. The molecule has 0 fully saturated rings. The Morgan fingerprint density at radius 3 is 0.841 bits per heavy atom. The summed E-state index contributed by atoms with van der Waals surface area (Å²) in [6, 6.07) is 8.16. The van der Waals surface area contributed by atoms with E-state index in [1.807, 2.05) is 24.3 Å². The summed E-state index contributed by atoms with van der Waals surface area (Å²) in [6.45, 7) is 17.1. The first-order valence-electron chi connectivity index (χ1n) is 28.7. The Morgan fingerprint density at radius 2 is 0.556 bits per heavy atom. The number of rotatable bonds is 50. The van der Waals surface area contributed by atoms with Gasteiger partial charge in [-0.15, -0.1) is 0 Å². The molecule has 0 amide bonds. The molecule has 0 aliphatic carbocycles. The van der Waals surface area contributed by atoms with Crippen LogP contribution in [0.15, 0.2) is 24.3 Å². The monoisotopic (exact) mass is 883 g/mol. The maximum atomic E-state index is 6.73. The molecule has 2 bridgehead atoms. The van der Waals surface area contributed by atoms with Crippen molar-refractivity contribution in [2.24, 2.45) is 0 Å². The summed E-state index contributed by atoms with van der Waals surface area (Å²) in [5.41, 5.74) is 0. The normalized spacial score (nSPS) is 13.3. The lowest BCUT2D eigenvalue weighted by Crippen LogP contribution is -2.45. The van der Waals surface area contributed by atoms with Gasteiger partial charge in [-0.1, -0.05) is 233 Å². The molecule has 370 valence electrons. The Balaban J connectivity index is 1.86. The van der Waals surface area contributed by atoms with Crippen molar-refractivity contribution in [1.82, 2.24) is 9.80 Å². The van der Waals surface area contributed by atoms with Gasteiger partial charge in [0.15, 0.2) is 0 Å². The summed E-state index contributed by atoms with van der Waals surface area (Å²) in [5.74, 6) is 0.669. The third kappa shape index (κ3) is 33.8. The molecule has 0 radical (unpaired) electrons. The zero-order chi connectivity index (χ0) is 45.0. The fraction of sp³-hybridized carbons (Fsp3) is 0.897. The molecule has 1 aromatic carbocycles. The van der Waals surface area contributed by atoms with E-state index in [-0.39, 0.29) is 0 Å². The second-order valence-electron chi connectivity index (χ2n) is 20.0. The Kier molecular flexibility index (Phi) is 39.7. The minimum atomic E-state index is -1.04. The summed E-state index contributed by atoms with van der Waals surface area (Å²) in [4.78, 5) is 5.54. The molecule has 2 aliphatic heterocycles. The van der Waals surface area contributed by atoms with Crippen molar-refractivity contribution in [2.45, 2.75) is 291 Å². The lowest BCUT2D eigenvalue weighted by Gasteiger charge is -2.33. The SMILES string of the molecule is CCCCCCCCCCCN(CCCCCCCCCCC)CCCCOC1(CCCN(CCCCCCCCCCC)CCCCCCCCCCC)Oc2ccc(cc2)O1. The van der Waals surface area contributed by atoms with Crippen LogP contribution in [0.4, 0.5) is 0 Å². The van der Waals surface area contributed by atoms with Crippen molar-refractivity contribution in [3.8, 4) is 11.5 Å². The molecule has 63 heavy (non-hydrogen) atoms. The van der Waals surface area contributed by atoms with Crippen LogP contribution in [0.25, 0.3) is 0 Å². The van der Waals surface area contributed by atoms with Crippen molar-refractivity contribution in [3.63, 3.8) is 0 Å². The van der Waals surface area contributed by atoms with Gasteiger partial charge in [0.05, 0.1) is 13.0 Å². The van der Waals surface area contributed by atoms with Gasteiger partial charge >= 0.3 is 5.97 Å². The second-order valence-corrected chi connectivity index (χ2v) is 20.0. The molecular formula is C58H110N2O3.